The van der Waals surface area contributed by atoms with Crippen molar-refractivity contribution in [3.05, 3.63) is 0 Å². The molecule has 1 fully saturated rings. The molecular weight excluding hydrogens is 156 g/mol. The number of methoxy groups -OCH3 is 2. The molecule has 1 aliphatic rings. The van der Waals surface area contributed by atoms with Crippen LogP contribution in [0.2, 0.25) is 0 Å². The van der Waals surface area contributed by atoms with Gasteiger partial charge in [-0.2, -0.15) is 0 Å². The van der Waals surface area contributed by atoms with Crippen molar-refractivity contribution in [1.82, 2.24) is 0 Å². The van der Waals surface area contributed by atoms with E-state index in [0.29, 0.717) is 12.5 Å². The lowest BCUT2D eigenvalue weighted by molar-refractivity contribution is -0.169. The second-order valence-electron chi connectivity index (χ2n) is 3.37. The van der Waals surface area contributed by atoms with Crippen LogP contribution in [-0.2, 0) is 14.2 Å². The average Bonchev–Trinajstić information content (AvgIpc) is 2.09. The SMILES string of the molecule is CO[C@H]1[C@H](OC)COC(C)[C@@H]1C. The third-order valence-corrected chi connectivity index (χ3v) is 2.72. The van der Waals surface area contributed by atoms with Crippen LogP contribution in [0.15, 0.2) is 0 Å². The van der Waals surface area contributed by atoms with E-state index >= 15 is 0 Å². The Morgan fingerprint density at radius 1 is 1.17 bits per heavy atom. The molecule has 0 aromatic rings. The predicted molar refractivity (Wildman–Crippen MR) is 46.2 cm³/mol. The van der Waals surface area contributed by atoms with Crippen molar-refractivity contribution >= 4 is 0 Å². The van der Waals surface area contributed by atoms with Crippen molar-refractivity contribution < 1.29 is 14.2 Å². The predicted octanol–water partition coefficient (Wildman–Crippen LogP) is 1.07. The van der Waals surface area contributed by atoms with Crippen LogP contribution in [0.3, 0.4) is 0 Å². The molecule has 0 aromatic heterocycles. The molecule has 3 nitrogen and oxygen atoms in total. The first-order chi connectivity index (χ1) is 5.70. The van der Waals surface area contributed by atoms with Gasteiger partial charge in [0.2, 0.25) is 0 Å². The summed E-state index contributed by atoms with van der Waals surface area (Å²) >= 11 is 0. The summed E-state index contributed by atoms with van der Waals surface area (Å²) in [6, 6.07) is 0. The van der Waals surface area contributed by atoms with Gasteiger partial charge < -0.3 is 14.2 Å². The molecule has 0 radical (unpaired) electrons. The Kier molecular flexibility index (Phi) is 3.50. The highest BCUT2D eigenvalue weighted by Crippen LogP contribution is 2.24. The zero-order valence-electron chi connectivity index (χ0n) is 8.24. The first kappa shape index (κ1) is 9.96. The fourth-order valence-corrected chi connectivity index (χ4v) is 1.67. The molecule has 0 N–H and O–H groups in total. The summed E-state index contributed by atoms with van der Waals surface area (Å²) in [5.41, 5.74) is 0. The molecule has 0 saturated carbocycles. The van der Waals surface area contributed by atoms with Crippen LogP contribution in [0.4, 0.5) is 0 Å². The van der Waals surface area contributed by atoms with Gasteiger partial charge in [0, 0.05) is 20.1 Å². The molecule has 4 atom stereocenters. The minimum Gasteiger partial charge on any atom is -0.378 e. The smallest absolute Gasteiger partial charge is 0.107 e. The van der Waals surface area contributed by atoms with Crippen LogP contribution < -0.4 is 0 Å². The minimum atomic E-state index is 0.0844. The fraction of sp³-hybridized carbons (Fsp3) is 1.00. The molecule has 3 heteroatoms. The quantitative estimate of drug-likeness (QED) is 0.626. The van der Waals surface area contributed by atoms with Crippen LogP contribution in [0.5, 0.6) is 0 Å². The molecule has 0 amide bonds. The Bertz CT molecular complexity index is 136. The van der Waals surface area contributed by atoms with Gasteiger partial charge in [0.15, 0.2) is 0 Å². The van der Waals surface area contributed by atoms with Crippen molar-refractivity contribution in [2.24, 2.45) is 5.92 Å². The van der Waals surface area contributed by atoms with Gasteiger partial charge in [-0.15, -0.1) is 0 Å². The van der Waals surface area contributed by atoms with Crippen molar-refractivity contribution in [1.29, 1.82) is 0 Å². The Balaban J connectivity index is 2.58. The van der Waals surface area contributed by atoms with Crippen LogP contribution in [0.25, 0.3) is 0 Å². The molecular formula is C9H18O3. The number of rotatable bonds is 2. The molecule has 0 bridgehead atoms. The largest absolute Gasteiger partial charge is 0.378 e. The normalized spacial score (nSPS) is 43.0. The maximum Gasteiger partial charge on any atom is 0.107 e. The van der Waals surface area contributed by atoms with Gasteiger partial charge in [0.1, 0.15) is 6.10 Å². The summed E-state index contributed by atoms with van der Waals surface area (Å²) < 4.78 is 16.2. The van der Waals surface area contributed by atoms with Gasteiger partial charge in [-0.3, -0.25) is 0 Å². The number of hydrogen-bond donors (Lipinski definition) is 0. The van der Waals surface area contributed by atoms with Crippen LogP contribution in [-0.4, -0.2) is 39.1 Å². The maximum absolute atomic E-state index is 5.52. The van der Waals surface area contributed by atoms with E-state index < -0.39 is 0 Å². The van der Waals surface area contributed by atoms with Gasteiger partial charge in [0.25, 0.3) is 0 Å². The van der Waals surface area contributed by atoms with Crippen LogP contribution in [0, 0.1) is 5.92 Å². The molecule has 12 heavy (non-hydrogen) atoms. The Hall–Kier alpha value is -0.120. The molecule has 1 saturated heterocycles. The van der Waals surface area contributed by atoms with Crippen molar-refractivity contribution in [3.8, 4) is 0 Å². The molecule has 1 unspecified atom stereocenters. The highest BCUT2D eigenvalue weighted by atomic mass is 16.6. The van der Waals surface area contributed by atoms with Crippen LogP contribution >= 0.6 is 0 Å². The van der Waals surface area contributed by atoms with E-state index in [4.69, 9.17) is 14.2 Å². The Morgan fingerprint density at radius 2 is 1.83 bits per heavy atom. The standard InChI is InChI=1S/C9H18O3/c1-6-7(2)12-5-8(10-3)9(6)11-4/h6-9H,5H2,1-4H3/t6-,7?,8+,9+/m0/s1. The molecule has 1 rings (SSSR count). The lowest BCUT2D eigenvalue weighted by Gasteiger charge is -2.38. The van der Waals surface area contributed by atoms with E-state index in [1.165, 1.54) is 0 Å². The minimum absolute atomic E-state index is 0.0844. The summed E-state index contributed by atoms with van der Waals surface area (Å²) in [5, 5.41) is 0. The van der Waals surface area contributed by atoms with Gasteiger partial charge in [0.05, 0.1) is 18.8 Å². The summed E-state index contributed by atoms with van der Waals surface area (Å²) in [6.45, 7) is 4.84. The van der Waals surface area contributed by atoms with Crippen molar-refractivity contribution in [3.63, 3.8) is 0 Å². The van der Waals surface area contributed by atoms with E-state index in [2.05, 4.69) is 13.8 Å². The van der Waals surface area contributed by atoms with Gasteiger partial charge in [-0.25, -0.2) is 0 Å². The van der Waals surface area contributed by atoms with E-state index in [1.54, 1.807) is 14.2 Å². The van der Waals surface area contributed by atoms with Crippen LogP contribution in [0.1, 0.15) is 13.8 Å². The Morgan fingerprint density at radius 3 is 2.33 bits per heavy atom. The zero-order chi connectivity index (χ0) is 9.14. The molecule has 1 heterocycles. The Labute approximate surface area is 74.0 Å². The highest BCUT2D eigenvalue weighted by Gasteiger charge is 2.35. The van der Waals surface area contributed by atoms with Gasteiger partial charge >= 0.3 is 0 Å². The van der Waals surface area contributed by atoms with Crippen molar-refractivity contribution in [2.45, 2.75) is 32.2 Å². The zero-order valence-corrected chi connectivity index (χ0v) is 8.24. The summed E-state index contributed by atoms with van der Waals surface area (Å²) in [7, 11) is 3.42. The van der Waals surface area contributed by atoms with E-state index in [-0.39, 0.29) is 18.3 Å². The van der Waals surface area contributed by atoms with E-state index in [9.17, 15) is 0 Å². The lowest BCUT2D eigenvalue weighted by Crippen LogP contribution is -2.48. The third kappa shape index (κ3) is 1.79. The molecule has 1 aliphatic heterocycles. The van der Waals surface area contributed by atoms with E-state index in [1.807, 2.05) is 0 Å². The maximum atomic E-state index is 5.52. The van der Waals surface area contributed by atoms with Gasteiger partial charge in [-0.05, 0) is 6.92 Å². The highest BCUT2D eigenvalue weighted by molar-refractivity contribution is 4.83. The van der Waals surface area contributed by atoms with E-state index in [0.717, 1.165) is 0 Å². The summed E-state index contributed by atoms with van der Waals surface area (Å²) in [5.74, 6) is 0.397. The monoisotopic (exact) mass is 174 g/mol. The molecule has 0 spiro atoms. The van der Waals surface area contributed by atoms with Crippen molar-refractivity contribution in [2.75, 3.05) is 20.8 Å². The second kappa shape index (κ2) is 4.21. The van der Waals surface area contributed by atoms with Gasteiger partial charge in [-0.1, -0.05) is 6.92 Å². The second-order valence-corrected chi connectivity index (χ2v) is 3.37. The fourth-order valence-electron chi connectivity index (χ4n) is 1.67. The first-order valence-electron chi connectivity index (χ1n) is 4.38. The molecule has 0 aromatic carbocycles. The lowest BCUT2D eigenvalue weighted by atomic mass is 9.92. The summed E-state index contributed by atoms with van der Waals surface area (Å²) in [4.78, 5) is 0. The molecule has 0 aliphatic carbocycles. The average molecular weight is 174 g/mol. The third-order valence-electron chi connectivity index (χ3n) is 2.72. The first-order valence-corrected chi connectivity index (χ1v) is 4.38. The number of hydrogen-bond acceptors (Lipinski definition) is 3. The number of ether oxygens (including phenoxy) is 3. The molecule has 72 valence electrons. The summed E-state index contributed by atoms with van der Waals surface area (Å²) in [6.07, 6.45) is 0.515. The topological polar surface area (TPSA) is 27.7 Å².